The number of anilines is 1. The van der Waals surface area contributed by atoms with Crippen LogP contribution in [0.2, 0.25) is 0 Å². The number of thioether (sulfide) groups is 1. The molecule has 1 heterocycles. The molecule has 1 fully saturated rings. The third-order valence-electron chi connectivity index (χ3n) is 4.85. The molecule has 1 amide bonds. The van der Waals surface area contributed by atoms with Crippen molar-refractivity contribution >= 4 is 51.9 Å². The Morgan fingerprint density at radius 1 is 1.07 bits per heavy atom. The van der Waals surface area contributed by atoms with E-state index in [4.69, 9.17) is 17.3 Å². The number of thiocarbonyl (C=S) groups is 1. The number of carboxylic acid groups (broad SMARTS) is 1. The highest BCUT2D eigenvalue weighted by atomic mass is 32.2. The quantitative estimate of drug-likeness (QED) is 0.279. The summed E-state index contributed by atoms with van der Waals surface area (Å²) >= 11 is 6.79. The molecule has 7 heteroatoms. The zero-order chi connectivity index (χ0) is 21.2. The van der Waals surface area contributed by atoms with Gasteiger partial charge in [-0.1, -0.05) is 68.2 Å². The molecular weight excluding hydrogens is 404 g/mol. The Hall–Kier alpha value is -1.86. The Balaban J connectivity index is 1.72. The summed E-state index contributed by atoms with van der Waals surface area (Å²) in [7, 11) is 4.00. The third-order valence-corrected chi connectivity index (χ3v) is 6.23. The van der Waals surface area contributed by atoms with E-state index in [0.29, 0.717) is 15.8 Å². The van der Waals surface area contributed by atoms with Crippen molar-refractivity contribution in [3.8, 4) is 0 Å². The average molecular weight is 435 g/mol. The fourth-order valence-electron chi connectivity index (χ4n) is 3.14. The summed E-state index contributed by atoms with van der Waals surface area (Å²) in [4.78, 5) is 27.6. The smallest absolute Gasteiger partial charge is 0.303 e. The van der Waals surface area contributed by atoms with E-state index in [9.17, 15) is 9.59 Å². The van der Waals surface area contributed by atoms with Gasteiger partial charge in [0.1, 0.15) is 4.32 Å². The predicted molar refractivity (Wildman–Crippen MR) is 125 cm³/mol. The van der Waals surface area contributed by atoms with Gasteiger partial charge in [-0.05, 0) is 36.6 Å². The molecule has 0 atom stereocenters. The summed E-state index contributed by atoms with van der Waals surface area (Å²) in [5.41, 5.74) is 2.12. The summed E-state index contributed by atoms with van der Waals surface area (Å²) in [6.07, 6.45) is 9.20. The van der Waals surface area contributed by atoms with Crippen LogP contribution in [0.5, 0.6) is 0 Å². The Kier molecular flexibility index (Phi) is 9.67. The van der Waals surface area contributed by atoms with E-state index in [2.05, 4.69) is 0 Å². The second-order valence-corrected chi connectivity index (χ2v) is 9.11. The lowest BCUT2D eigenvalue weighted by Gasteiger charge is -2.14. The number of hydrogen-bond donors (Lipinski definition) is 1. The van der Waals surface area contributed by atoms with Crippen LogP contribution in [-0.2, 0) is 9.59 Å². The molecule has 5 nitrogen and oxygen atoms in total. The van der Waals surface area contributed by atoms with Gasteiger partial charge in [0.25, 0.3) is 5.91 Å². The molecule has 0 bridgehead atoms. The van der Waals surface area contributed by atoms with Crippen LogP contribution in [-0.4, -0.2) is 46.8 Å². The molecule has 1 aliphatic rings. The van der Waals surface area contributed by atoms with Crippen molar-refractivity contribution in [2.24, 2.45) is 0 Å². The van der Waals surface area contributed by atoms with Crippen LogP contribution in [0.15, 0.2) is 29.2 Å². The standard InChI is InChI=1S/C22H30N2O3S2/c1-23(2)18-13-11-17(12-14-18)16-19-21(27)24(22(28)29-19)15-9-7-5-3-4-6-8-10-20(25)26/h11-14,16H,3-10,15H2,1-2H3,(H,25,26)/b19-16-. The molecule has 1 N–H and O–H groups in total. The van der Waals surface area contributed by atoms with Crippen molar-refractivity contribution in [3.63, 3.8) is 0 Å². The number of nitrogens with zero attached hydrogens (tertiary/aromatic N) is 2. The number of amides is 1. The van der Waals surface area contributed by atoms with Gasteiger partial charge >= 0.3 is 5.97 Å². The Labute approximate surface area is 183 Å². The Morgan fingerprint density at radius 2 is 1.66 bits per heavy atom. The van der Waals surface area contributed by atoms with Gasteiger partial charge < -0.3 is 10.0 Å². The van der Waals surface area contributed by atoms with Gasteiger partial charge in [0, 0.05) is 32.7 Å². The van der Waals surface area contributed by atoms with Gasteiger partial charge in [-0.3, -0.25) is 14.5 Å². The van der Waals surface area contributed by atoms with Crippen molar-refractivity contribution in [1.82, 2.24) is 4.90 Å². The molecule has 29 heavy (non-hydrogen) atoms. The van der Waals surface area contributed by atoms with Crippen molar-refractivity contribution in [3.05, 3.63) is 34.7 Å². The van der Waals surface area contributed by atoms with Crippen LogP contribution in [0.25, 0.3) is 6.08 Å². The summed E-state index contributed by atoms with van der Waals surface area (Å²) < 4.78 is 0.639. The largest absolute Gasteiger partial charge is 0.481 e. The van der Waals surface area contributed by atoms with Crippen molar-refractivity contribution < 1.29 is 14.7 Å². The van der Waals surface area contributed by atoms with E-state index in [0.717, 1.165) is 56.2 Å². The van der Waals surface area contributed by atoms with E-state index in [1.165, 1.54) is 11.8 Å². The highest BCUT2D eigenvalue weighted by Crippen LogP contribution is 2.33. The zero-order valence-electron chi connectivity index (χ0n) is 17.2. The fraction of sp³-hybridized carbons (Fsp3) is 0.500. The molecule has 2 rings (SSSR count). The fourth-order valence-corrected chi connectivity index (χ4v) is 4.45. The van der Waals surface area contributed by atoms with Crippen LogP contribution in [0, 0.1) is 0 Å². The molecule has 1 aromatic rings. The zero-order valence-corrected chi connectivity index (χ0v) is 18.9. The highest BCUT2D eigenvalue weighted by molar-refractivity contribution is 8.26. The van der Waals surface area contributed by atoms with Crippen LogP contribution >= 0.6 is 24.0 Å². The molecule has 1 aliphatic heterocycles. The number of unbranched alkanes of at least 4 members (excludes halogenated alkanes) is 6. The summed E-state index contributed by atoms with van der Waals surface area (Å²) in [5.74, 6) is -0.710. The lowest BCUT2D eigenvalue weighted by Crippen LogP contribution is -2.29. The van der Waals surface area contributed by atoms with E-state index >= 15 is 0 Å². The van der Waals surface area contributed by atoms with Crippen molar-refractivity contribution in [1.29, 1.82) is 0 Å². The van der Waals surface area contributed by atoms with Crippen LogP contribution < -0.4 is 4.90 Å². The Bertz CT molecular complexity index is 745. The lowest BCUT2D eigenvalue weighted by atomic mass is 10.1. The van der Waals surface area contributed by atoms with E-state index < -0.39 is 5.97 Å². The number of benzene rings is 1. The SMILES string of the molecule is CN(C)c1ccc(/C=C2\SC(=S)N(CCCCCCCCCC(=O)O)C2=O)cc1. The number of carbonyl (C=O) groups excluding carboxylic acids is 1. The molecule has 158 valence electrons. The minimum atomic E-state index is -0.715. The number of aliphatic carboxylic acids is 1. The first-order chi connectivity index (χ1) is 13.9. The first-order valence-electron chi connectivity index (χ1n) is 10.1. The minimum absolute atomic E-state index is 0.00496. The summed E-state index contributed by atoms with van der Waals surface area (Å²) in [6, 6.07) is 8.10. The van der Waals surface area contributed by atoms with Crippen LogP contribution in [0.3, 0.4) is 0 Å². The van der Waals surface area contributed by atoms with Gasteiger partial charge in [0.05, 0.1) is 4.91 Å². The topological polar surface area (TPSA) is 60.9 Å². The molecule has 0 saturated carbocycles. The van der Waals surface area contributed by atoms with Gasteiger partial charge in [0.2, 0.25) is 0 Å². The van der Waals surface area contributed by atoms with Crippen LogP contribution in [0.4, 0.5) is 5.69 Å². The maximum Gasteiger partial charge on any atom is 0.303 e. The number of hydrogen-bond acceptors (Lipinski definition) is 5. The van der Waals surface area contributed by atoms with E-state index in [-0.39, 0.29) is 12.3 Å². The first-order valence-corrected chi connectivity index (χ1v) is 11.4. The van der Waals surface area contributed by atoms with E-state index in [1.807, 2.05) is 49.3 Å². The molecule has 0 aromatic heterocycles. The molecule has 0 spiro atoms. The maximum atomic E-state index is 12.7. The van der Waals surface area contributed by atoms with Crippen LogP contribution in [0.1, 0.15) is 56.9 Å². The molecule has 0 unspecified atom stereocenters. The molecule has 1 aromatic carbocycles. The molecular formula is C22H30N2O3S2. The summed E-state index contributed by atoms with van der Waals surface area (Å²) in [6.45, 7) is 0.667. The minimum Gasteiger partial charge on any atom is -0.481 e. The lowest BCUT2D eigenvalue weighted by molar-refractivity contribution is -0.137. The first kappa shape index (κ1) is 23.4. The van der Waals surface area contributed by atoms with Crippen molar-refractivity contribution in [2.45, 2.75) is 51.4 Å². The second-order valence-electron chi connectivity index (χ2n) is 7.44. The second kappa shape index (κ2) is 12.0. The predicted octanol–water partition coefficient (Wildman–Crippen LogP) is 5.16. The van der Waals surface area contributed by atoms with Gasteiger partial charge in [-0.15, -0.1) is 0 Å². The average Bonchev–Trinajstić information content (AvgIpc) is 2.94. The van der Waals surface area contributed by atoms with Gasteiger partial charge in [-0.25, -0.2) is 0 Å². The van der Waals surface area contributed by atoms with Gasteiger partial charge in [-0.2, -0.15) is 0 Å². The summed E-state index contributed by atoms with van der Waals surface area (Å²) in [5, 5.41) is 8.61. The molecule has 1 saturated heterocycles. The Morgan fingerprint density at radius 3 is 2.24 bits per heavy atom. The third kappa shape index (κ3) is 7.82. The normalized spacial score (nSPS) is 15.4. The monoisotopic (exact) mass is 434 g/mol. The number of carbonyl (C=O) groups is 2. The molecule has 0 radical (unpaired) electrons. The van der Waals surface area contributed by atoms with Crippen molar-refractivity contribution in [2.75, 3.05) is 25.5 Å². The van der Waals surface area contributed by atoms with Gasteiger partial charge in [0.15, 0.2) is 0 Å². The van der Waals surface area contributed by atoms with E-state index in [1.54, 1.807) is 4.90 Å². The maximum absolute atomic E-state index is 12.7. The number of carboxylic acids is 1. The number of rotatable bonds is 12. The highest BCUT2D eigenvalue weighted by Gasteiger charge is 2.31. The molecule has 0 aliphatic carbocycles.